The summed E-state index contributed by atoms with van der Waals surface area (Å²) in [7, 11) is 0. The van der Waals surface area contributed by atoms with Gasteiger partial charge in [-0.1, -0.05) is 38.7 Å². The SMILES string of the molecule is CCCCCCCC(=O)N/N=C\c1ccc(F)c(Br)c1. The molecule has 20 heavy (non-hydrogen) atoms. The normalized spacial score (nSPS) is 10.9. The zero-order chi connectivity index (χ0) is 14.8. The molecule has 110 valence electrons. The molecule has 1 rings (SSSR count). The molecule has 0 unspecified atom stereocenters. The van der Waals surface area contributed by atoms with E-state index in [2.05, 4.69) is 33.4 Å². The predicted molar refractivity (Wildman–Crippen MR) is 83.2 cm³/mol. The number of hydrogen-bond donors (Lipinski definition) is 1. The molecule has 1 aromatic rings. The van der Waals surface area contributed by atoms with E-state index in [1.807, 2.05) is 0 Å². The maximum Gasteiger partial charge on any atom is 0.240 e. The van der Waals surface area contributed by atoms with E-state index in [0.717, 1.165) is 18.4 Å². The lowest BCUT2D eigenvalue weighted by molar-refractivity contribution is -0.121. The van der Waals surface area contributed by atoms with Gasteiger partial charge in [-0.3, -0.25) is 4.79 Å². The molecule has 0 atom stereocenters. The van der Waals surface area contributed by atoms with Crippen molar-refractivity contribution in [2.75, 3.05) is 0 Å². The third-order valence-electron chi connectivity index (χ3n) is 2.85. The summed E-state index contributed by atoms with van der Waals surface area (Å²) in [5.41, 5.74) is 3.20. The van der Waals surface area contributed by atoms with E-state index < -0.39 is 0 Å². The van der Waals surface area contributed by atoms with Gasteiger partial charge in [0.15, 0.2) is 0 Å². The highest BCUT2D eigenvalue weighted by Crippen LogP contribution is 2.15. The summed E-state index contributed by atoms with van der Waals surface area (Å²) in [5, 5.41) is 3.86. The third-order valence-corrected chi connectivity index (χ3v) is 3.46. The molecule has 0 aliphatic rings. The van der Waals surface area contributed by atoms with E-state index in [4.69, 9.17) is 0 Å². The van der Waals surface area contributed by atoms with Crippen molar-refractivity contribution in [3.63, 3.8) is 0 Å². The number of nitrogens with zero attached hydrogens (tertiary/aromatic N) is 1. The minimum atomic E-state index is -0.321. The molecule has 0 aliphatic heterocycles. The number of hydrazone groups is 1. The maximum absolute atomic E-state index is 13.0. The third kappa shape index (κ3) is 6.80. The Morgan fingerprint density at radius 2 is 2.10 bits per heavy atom. The minimum absolute atomic E-state index is 0.0843. The van der Waals surface area contributed by atoms with Gasteiger partial charge in [0.05, 0.1) is 10.7 Å². The molecule has 3 nitrogen and oxygen atoms in total. The second-order valence-electron chi connectivity index (χ2n) is 4.63. The number of hydrogen-bond acceptors (Lipinski definition) is 2. The molecule has 0 radical (unpaired) electrons. The van der Waals surface area contributed by atoms with E-state index in [0.29, 0.717) is 10.9 Å². The first kappa shape index (κ1) is 16.8. The zero-order valence-corrected chi connectivity index (χ0v) is 13.2. The van der Waals surface area contributed by atoms with Crippen LogP contribution in [0.4, 0.5) is 4.39 Å². The van der Waals surface area contributed by atoms with Crippen LogP contribution in [0.1, 0.15) is 51.0 Å². The highest BCUT2D eigenvalue weighted by atomic mass is 79.9. The van der Waals surface area contributed by atoms with Crippen LogP contribution in [0.3, 0.4) is 0 Å². The maximum atomic E-state index is 13.0. The van der Waals surface area contributed by atoms with Gasteiger partial charge in [-0.2, -0.15) is 5.10 Å². The number of halogens is 2. The fraction of sp³-hybridized carbons (Fsp3) is 0.467. The van der Waals surface area contributed by atoms with Crippen LogP contribution in [-0.4, -0.2) is 12.1 Å². The Morgan fingerprint density at radius 1 is 1.35 bits per heavy atom. The topological polar surface area (TPSA) is 41.5 Å². The predicted octanol–water partition coefficient (Wildman–Crippen LogP) is 4.40. The lowest BCUT2D eigenvalue weighted by Crippen LogP contribution is -2.16. The average Bonchev–Trinajstić information content (AvgIpc) is 2.42. The van der Waals surface area contributed by atoms with Gasteiger partial charge in [0.2, 0.25) is 5.91 Å². The van der Waals surface area contributed by atoms with Gasteiger partial charge in [-0.25, -0.2) is 9.82 Å². The smallest absolute Gasteiger partial charge is 0.240 e. The molecule has 0 saturated carbocycles. The van der Waals surface area contributed by atoms with Gasteiger partial charge in [-0.05, 0) is 40.0 Å². The summed E-state index contributed by atoms with van der Waals surface area (Å²) in [6.45, 7) is 2.16. The first-order chi connectivity index (χ1) is 9.63. The Labute approximate surface area is 127 Å². The molecule has 0 fully saturated rings. The summed E-state index contributed by atoms with van der Waals surface area (Å²) in [5.74, 6) is -0.405. The van der Waals surface area contributed by atoms with E-state index in [1.165, 1.54) is 31.5 Å². The number of nitrogens with one attached hydrogen (secondary N) is 1. The highest BCUT2D eigenvalue weighted by Gasteiger charge is 2.00. The number of carbonyl (C=O) groups is 1. The van der Waals surface area contributed by atoms with Crippen LogP contribution in [0.5, 0.6) is 0 Å². The van der Waals surface area contributed by atoms with Crippen molar-refractivity contribution in [2.45, 2.75) is 45.4 Å². The fourth-order valence-electron chi connectivity index (χ4n) is 1.72. The Bertz CT molecular complexity index is 463. The van der Waals surface area contributed by atoms with Gasteiger partial charge in [-0.15, -0.1) is 0 Å². The number of rotatable bonds is 8. The standard InChI is InChI=1S/C15H20BrFN2O/c1-2-3-4-5-6-7-15(20)19-18-11-12-8-9-14(17)13(16)10-12/h8-11H,2-7H2,1H3,(H,19,20)/b18-11-. The van der Waals surface area contributed by atoms with Crippen molar-refractivity contribution in [1.82, 2.24) is 5.43 Å². The Balaban J connectivity index is 2.26. The summed E-state index contributed by atoms with van der Waals surface area (Å²) < 4.78 is 13.4. The number of amides is 1. The van der Waals surface area contributed by atoms with Crippen LogP contribution in [0.25, 0.3) is 0 Å². The molecule has 1 N–H and O–H groups in total. The largest absolute Gasteiger partial charge is 0.273 e. The molecular formula is C15H20BrFN2O. The molecule has 0 bridgehead atoms. The second kappa shape index (κ2) is 9.64. The Kier molecular flexibility index (Phi) is 8.11. The van der Waals surface area contributed by atoms with E-state index in [-0.39, 0.29) is 11.7 Å². The van der Waals surface area contributed by atoms with Crippen molar-refractivity contribution in [2.24, 2.45) is 5.10 Å². The van der Waals surface area contributed by atoms with E-state index >= 15 is 0 Å². The average molecular weight is 343 g/mol. The van der Waals surface area contributed by atoms with E-state index in [9.17, 15) is 9.18 Å². The molecule has 0 aliphatic carbocycles. The quantitative estimate of drug-likeness (QED) is 0.424. The molecule has 0 spiro atoms. The summed E-state index contributed by atoms with van der Waals surface area (Å²) in [6.07, 6.45) is 7.56. The summed E-state index contributed by atoms with van der Waals surface area (Å²) >= 11 is 3.10. The van der Waals surface area contributed by atoms with Gasteiger partial charge in [0.1, 0.15) is 5.82 Å². The van der Waals surface area contributed by atoms with Crippen molar-refractivity contribution in [3.05, 3.63) is 34.1 Å². The second-order valence-corrected chi connectivity index (χ2v) is 5.49. The van der Waals surface area contributed by atoms with Crippen LogP contribution >= 0.6 is 15.9 Å². The van der Waals surface area contributed by atoms with Crippen LogP contribution in [0.15, 0.2) is 27.8 Å². The highest BCUT2D eigenvalue weighted by molar-refractivity contribution is 9.10. The molecular weight excluding hydrogens is 323 g/mol. The first-order valence-corrected chi connectivity index (χ1v) is 7.69. The summed E-state index contributed by atoms with van der Waals surface area (Å²) in [4.78, 5) is 11.5. The monoisotopic (exact) mass is 342 g/mol. The minimum Gasteiger partial charge on any atom is -0.273 e. The van der Waals surface area contributed by atoms with Crippen molar-refractivity contribution in [3.8, 4) is 0 Å². The number of unbranched alkanes of at least 4 members (excludes halogenated alkanes) is 4. The number of benzene rings is 1. The van der Waals surface area contributed by atoms with Gasteiger partial charge in [0, 0.05) is 6.42 Å². The Hall–Kier alpha value is -1.23. The van der Waals surface area contributed by atoms with Gasteiger partial charge in [0.25, 0.3) is 0 Å². The van der Waals surface area contributed by atoms with Crippen LogP contribution in [0, 0.1) is 5.82 Å². The van der Waals surface area contributed by atoms with Gasteiger partial charge >= 0.3 is 0 Å². The molecule has 0 heterocycles. The summed E-state index contributed by atoms with van der Waals surface area (Å²) in [6, 6.07) is 4.55. The molecule has 5 heteroatoms. The van der Waals surface area contributed by atoms with Crippen LogP contribution < -0.4 is 5.43 Å². The number of carbonyl (C=O) groups excluding carboxylic acids is 1. The van der Waals surface area contributed by atoms with Crippen LogP contribution in [0.2, 0.25) is 0 Å². The van der Waals surface area contributed by atoms with Crippen molar-refractivity contribution >= 4 is 28.1 Å². The Morgan fingerprint density at radius 3 is 2.80 bits per heavy atom. The molecule has 1 amide bonds. The molecule has 0 saturated heterocycles. The van der Waals surface area contributed by atoms with Crippen LogP contribution in [-0.2, 0) is 4.79 Å². The van der Waals surface area contributed by atoms with Gasteiger partial charge < -0.3 is 0 Å². The lowest BCUT2D eigenvalue weighted by atomic mass is 10.1. The van der Waals surface area contributed by atoms with Crippen molar-refractivity contribution < 1.29 is 9.18 Å². The zero-order valence-electron chi connectivity index (χ0n) is 11.7. The molecule has 0 aromatic heterocycles. The lowest BCUT2D eigenvalue weighted by Gasteiger charge is -2.00. The first-order valence-electron chi connectivity index (χ1n) is 6.90. The van der Waals surface area contributed by atoms with Crippen molar-refractivity contribution in [1.29, 1.82) is 0 Å². The molecule has 1 aromatic carbocycles. The fourth-order valence-corrected chi connectivity index (χ4v) is 2.11. The van der Waals surface area contributed by atoms with E-state index in [1.54, 1.807) is 12.1 Å².